The molecule has 9 heteroatoms. The fourth-order valence-electron chi connectivity index (χ4n) is 2.51. The van der Waals surface area contributed by atoms with Gasteiger partial charge in [-0.2, -0.15) is 0 Å². The number of hydrogen-bond donors (Lipinski definition) is 3. The summed E-state index contributed by atoms with van der Waals surface area (Å²) in [6.45, 7) is 5.48. The molecule has 0 saturated carbocycles. The maximum atomic E-state index is 13.3. The van der Waals surface area contributed by atoms with Gasteiger partial charge in [0.25, 0.3) is 0 Å². The zero-order valence-electron chi connectivity index (χ0n) is 16.6. The van der Waals surface area contributed by atoms with Gasteiger partial charge in [-0.3, -0.25) is 0 Å². The van der Waals surface area contributed by atoms with Crippen molar-refractivity contribution in [1.29, 1.82) is 0 Å². The second kappa shape index (κ2) is 10.8. The molecular weight excluding hydrogens is 395 g/mol. The number of ether oxygens (including phenoxy) is 1. The Morgan fingerprint density at radius 3 is 2.48 bits per heavy atom. The Balaban J connectivity index is 1.97. The van der Waals surface area contributed by atoms with Crippen LogP contribution in [-0.2, 0) is 16.6 Å². The maximum Gasteiger partial charge on any atom is 0.238 e. The first-order valence-corrected chi connectivity index (χ1v) is 10.9. The van der Waals surface area contributed by atoms with Crippen LogP contribution in [0.3, 0.4) is 0 Å². The monoisotopic (exact) mass is 422 g/mol. The van der Waals surface area contributed by atoms with Gasteiger partial charge in [-0.15, -0.1) is 0 Å². The van der Waals surface area contributed by atoms with E-state index in [2.05, 4.69) is 15.6 Å². The summed E-state index contributed by atoms with van der Waals surface area (Å²) >= 11 is 0. The molecule has 0 bridgehead atoms. The molecule has 0 radical (unpaired) electrons. The van der Waals surface area contributed by atoms with Crippen LogP contribution in [0.4, 0.5) is 4.39 Å². The largest absolute Gasteiger partial charge is 0.489 e. The average Bonchev–Trinajstić information content (AvgIpc) is 2.68. The summed E-state index contributed by atoms with van der Waals surface area (Å²) in [5.41, 5.74) is 0.845. The van der Waals surface area contributed by atoms with Crippen molar-refractivity contribution in [3.05, 3.63) is 59.9 Å². The number of aliphatic imine (C=N–C) groups is 1. The Hall–Kier alpha value is -2.65. The van der Waals surface area contributed by atoms with Crippen molar-refractivity contribution in [3.8, 4) is 5.75 Å². The third-order valence-corrected chi connectivity index (χ3v) is 5.00. The predicted molar refractivity (Wildman–Crippen MR) is 112 cm³/mol. The van der Waals surface area contributed by atoms with Gasteiger partial charge in [-0.25, -0.2) is 22.9 Å². The van der Waals surface area contributed by atoms with E-state index >= 15 is 0 Å². The maximum absolute atomic E-state index is 13.3. The first-order valence-electron chi connectivity index (χ1n) is 9.38. The molecule has 0 aliphatic carbocycles. The summed E-state index contributed by atoms with van der Waals surface area (Å²) in [5.74, 6) is 0.744. The SMILES string of the molecule is CCNC(=NCc1ccc(S(N)(=O)=O)cc1)NCC(CC)Oc1cccc(F)c1. The van der Waals surface area contributed by atoms with Crippen LogP contribution in [0, 0.1) is 5.82 Å². The lowest BCUT2D eigenvalue weighted by Crippen LogP contribution is -2.42. The second-order valence-corrected chi connectivity index (χ2v) is 7.93. The van der Waals surface area contributed by atoms with Gasteiger partial charge in [0.1, 0.15) is 17.7 Å². The van der Waals surface area contributed by atoms with Crippen molar-refractivity contribution in [2.24, 2.45) is 10.1 Å². The Morgan fingerprint density at radius 1 is 1.17 bits per heavy atom. The Bertz CT molecular complexity index is 918. The zero-order chi connectivity index (χ0) is 21.3. The van der Waals surface area contributed by atoms with Crippen LogP contribution < -0.4 is 20.5 Å². The molecule has 4 N–H and O–H groups in total. The predicted octanol–water partition coefficient (Wildman–Crippen LogP) is 2.39. The zero-order valence-corrected chi connectivity index (χ0v) is 17.4. The Morgan fingerprint density at radius 2 is 1.90 bits per heavy atom. The lowest BCUT2D eigenvalue weighted by atomic mass is 10.2. The number of guanidine groups is 1. The van der Waals surface area contributed by atoms with Crippen LogP contribution in [0.5, 0.6) is 5.75 Å². The van der Waals surface area contributed by atoms with Crippen LogP contribution in [0.2, 0.25) is 0 Å². The van der Waals surface area contributed by atoms with Gasteiger partial charge in [-0.05, 0) is 43.2 Å². The number of nitrogens with one attached hydrogen (secondary N) is 2. The topological polar surface area (TPSA) is 106 Å². The Kier molecular flexibility index (Phi) is 8.41. The number of nitrogens with zero attached hydrogens (tertiary/aromatic N) is 1. The van der Waals surface area contributed by atoms with E-state index in [1.54, 1.807) is 24.3 Å². The molecule has 0 aliphatic heterocycles. The number of nitrogens with two attached hydrogens (primary N) is 1. The van der Waals surface area contributed by atoms with E-state index in [9.17, 15) is 12.8 Å². The van der Waals surface area contributed by atoms with Crippen molar-refractivity contribution in [3.63, 3.8) is 0 Å². The van der Waals surface area contributed by atoms with Crippen molar-refractivity contribution in [1.82, 2.24) is 10.6 Å². The summed E-state index contributed by atoms with van der Waals surface area (Å²) in [4.78, 5) is 4.57. The number of hydrogen-bond acceptors (Lipinski definition) is 4. The second-order valence-electron chi connectivity index (χ2n) is 6.37. The third-order valence-electron chi connectivity index (χ3n) is 4.07. The molecule has 0 saturated heterocycles. The van der Waals surface area contributed by atoms with Gasteiger partial charge >= 0.3 is 0 Å². The average molecular weight is 423 g/mol. The van der Waals surface area contributed by atoms with Gasteiger partial charge < -0.3 is 15.4 Å². The van der Waals surface area contributed by atoms with Gasteiger partial charge in [0, 0.05) is 12.6 Å². The lowest BCUT2D eigenvalue weighted by Gasteiger charge is -2.20. The fraction of sp³-hybridized carbons (Fsp3) is 0.350. The minimum atomic E-state index is -3.71. The number of benzene rings is 2. The molecule has 0 amide bonds. The molecule has 1 atom stereocenters. The standard InChI is InChI=1S/C20H27FN4O3S/c1-3-17(28-18-7-5-6-16(21)12-18)14-25-20(23-4-2)24-13-15-8-10-19(11-9-15)29(22,26)27/h5-12,17H,3-4,13-14H2,1-2H3,(H2,22,26,27)(H2,23,24,25). The highest BCUT2D eigenvalue weighted by molar-refractivity contribution is 7.89. The van der Waals surface area contributed by atoms with E-state index in [4.69, 9.17) is 9.88 Å². The highest BCUT2D eigenvalue weighted by atomic mass is 32.2. The van der Waals surface area contributed by atoms with E-state index in [1.807, 2.05) is 13.8 Å². The van der Waals surface area contributed by atoms with E-state index in [0.29, 0.717) is 31.3 Å². The number of sulfonamides is 1. The highest BCUT2D eigenvalue weighted by Crippen LogP contribution is 2.15. The number of halogens is 1. The fourth-order valence-corrected chi connectivity index (χ4v) is 3.02. The van der Waals surface area contributed by atoms with Crippen molar-refractivity contribution in [2.75, 3.05) is 13.1 Å². The molecule has 29 heavy (non-hydrogen) atoms. The van der Waals surface area contributed by atoms with Gasteiger partial charge in [0.05, 0.1) is 18.0 Å². The first-order chi connectivity index (χ1) is 13.8. The van der Waals surface area contributed by atoms with Crippen LogP contribution in [0.1, 0.15) is 25.8 Å². The molecule has 0 aliphatic rings. The van der Waals surface area contributed by atoms with Crippen molar-refractivity contribution in [2.45, 2.75) is 37.8 Å². The van der Waals surface area contributed by atoms with Crippen LogP contribution in [-0.4, -0.2) is 33.6 Å². The Labute approximate surface area is 171 Å². The molecular formula is C20H27FN4O3S. The molecule has 0 heterocycles. The van der Waals surface area contributed by atoms with Crippen LogP contribution >= 0.6 is 0 Å². The van der Waals surface area contributed by atoms with Gasteiger partial charge in [-0.1, -0.05) is 25.1 Å². The molecule has 0 aromatic heterocycles. The normalized spacial score (nSPS) is 13.0. The first kappa shape index (κ1) is 22.6. The highest BCUT2D eigenvalue weighted by Gasteiger charge is 2.10. The molecule has 1 unspecified atom stereocenters. The molecule has 2 aromatic carbocycles. The summed E-state index contributed by atoms with van der Waals surface area (Å²) in [6.07, 6.45) is 0.576. The third kappa shape index (κ3) is 7.71. The van der Waals surface area contributed by atoms with E-state index < -0.39 is 10.0 Å². The van der Waals surface area contributed by atoms with E-state index in [-0.39, 0.29) is 16.8 Å². The van der Waals surface area contributed by atoms with Crippen molar-refractivity contribution >= 4 is 16.0 Å². The lowest BCUT2D eigenvalue weighted by molar-refractivity contribution is 0.198. The minimum absolute atomic E-state index is 0.0653. The molecule has 0 spiro atoms. The summed E-state index contributed by atoms with van der Waals surface area (Å²) in [6, 6.07) is 12.3. The molecule has 158 valence electrons. The van der Waals surface area contributed by atoms with Gasteiger partial charge in [0.15, 0.2) is 5.96 Å². The van der Waals surface area contributed by atoms with E-state index in [1.165, 1.54) is 24.3 Å². The summed E-state index contributed by atoms with van der Waals surface area (Å²) < 4.78 is 41.8. The van der Waals surface area contributed by atoms with Crippen LogP contribution in [0.25, 0.3) is 0 Å². The molecule has 2 aromatic rings. The quantitative estimate of drug-likeness (QED) is 0.425. The molecule has 2 rings (SSSR count). The van der Waals surface area contributed by atoms with Gasteiger partial charge in [0.2, 0.25) is 10.0 Å². The van der Waals surface area contributed by atoms with E-state index in [0.717, 1.165) is 12.0 Å². The minimum Gasteiger partial charge on any atom is -0.489 e. The molecule has 7 nitrogen and oxygen atoms in total. The smallest absolute Gasteiger partial charge is 0.238 e. The summed E-state index contributed by atoms with van der Waals surface area (Å²) in [7, 11) is -3.71. The van der Waals surface area contributed by atoms with Crippen molar-refractivity contribution < 1.29 is 17.5 Å². The molecule has 0 fully saturated rings. The number of rotatable bonds is 9. The summed E-state index contributed by atoms with van der Waals surface area (Å²) in [5, 5.41) is 11.5. The van der Waals surface area contributed by atoms with Crippen LogP contribution in [0.15, 0.2) is 58.4 Å². The number of primary sulfonamides is 1.